The number of nitrogens with one attached hydrogen (secondary N) is 2. The third-order valence-corrected chi connectivity index (χ3v) is 2.96. The number of ether oxygens (including phenoxy) is 1. The van der Waals surface area contributed by atoms with E-state index in [1.54, 1.807) is 6.21 Å². The molecule has 2 aromatic rings. The van der Waals surface area contributed by atoms with Gasteiger partial charge >= 0.3 is 0 Å². The van der Waals surface area contributed by atoms with E-state index in [2.05, 4.69) is 22.8 Å². The number of thiocarbonyl (C=S) groups is 1. The maximum Gasteiger partial charge on any atom is 0.191 e. The smallest absolute Gasteiger partial charge is 0.191 e. The van der Waals surface area contributed by atoms with Gasteiger partial charge in [-0.25, -0.2) is 0 Å². The molecule has 0 unspecified atom stereocenters. The summed E-state index contributed by atoms with van der Waals surface area (Å²) < 4.78 is 5.53. The van der Waals surface area contributed by atoms with Gasteiger partial charge in [0.05, 0.1) is 12.8 Å². The summed E-state index contributed by atoms with van der Waals surface area (Å²) in [7, 11) is 0. The summed E-state index contributed by atoms with van der Waals surface area (Å²) in [6.07, 6.45) is 2.71. The molecular weight excluding hydrogens is 294 g/mol. The molecule has 0 aliphatic rings. The molecule has 5 heteroatoms. The van der Waals surface area contributed by atoms with Crippen LogP contribution in [0, 0.1) is 0 Å². The summed E-state index contributed by atoms with van der Waals surface area (Å²) >= 11 is 5.16. The highest BCUT2D eigenvalue weighted by molar-refractivity contribution is 7.80. The minimum atomic E-state index is 0.449. The van der Waals surface area contributed by atoms with Crippen LogP contribution in [0.3, 0.4) is 0 Å². The van der Waals surface area contributed by atoms with Gasteiger partial charge in [-0.3, -0.25) is 5.43 Å². The maximum atomic E-state index is 5.53. The number of hydrazone groups is 1. The standard InChI is InChI=1S/C17H19N3OS/c1-2-12-21-16-10-8-14(9-11-16)13-18-20-17(22)19-15-6-4-3-5-7-15/h3-11,13H,2,12H2,1H3,(H2,19,20,22)/b18-13+. The van der Waals surface area contributed by atoms with Crippen LogP contribution in [-0.4, -0.2) is 17.9 Å². The molecule has 2 aromatic carbocycles. The van der Waals surface area contributed by atoms with E-state index in [-0.39, 0.29) is 0 Å². The van der Waals surface area contributed by atoms with Gasteiger partial charge in [-0.1, -0.05) is 25.1 Å². The van der Waals surface area contributed by atoms with Crippen LogP contribution < -0.4 is 15.5 Å². The molecule has 2 rings (SSSR count). The average Bonchev–Trinajstić information content (AvgIpc) is 2.55. The monoisotopic (exact) mass is 313 g/mol. The zero-order valence-electron chi connectivity index (χ0n) is 12.5. The molecule has 0 fully saturated rings. The lowest BCUT2D eigenvalue weighted by Gasteiger charge is -2.06. The minimum absolute atomic E-state index is 0.449. The fourth-order valence-corrected chi connectivity index (χ4v) is 1.89. The molecule has 22 heavy (non-hydrogen) atoms. The second-order valence-corrected chi connectivity index (χ2v) is 5.02. The van der Waals surface area contributed by atoms with Crippen molar-refractivity contribution < 1.29 is 4.74 Å². The lowest BCUT2D eigenvalue weighted by molar-refractivity contribution is 0.317. The molecule has 0 aliphatic carbocycles. The molecule has 0 aliphatic heterocycles. The van der Waals surface area contributed by atoms with Crippen molar-refractivity contribution in [3.05, 3.63) is 60.2 Å². The molecule has 4 nitrogen and oxygen atoms in total. The normalized spacial score (nSPS) is 10.4. The van der Waals surface area contributed by atoms with Crippen LogP contribution >= 0.6 is 12.2 Å². The number of nitrogens with zero attached hydrogens (tertiary/aromatic N) is 1. The number of para-hydroxylation sites is 1. The topological polar surface area (TPSA) is 45.6 Å². The summed E-state index contributed by atoms with van der Waals surface area (Å²) in [5.41, 5.74) is 4.68. The summed E-state index contributed by atoms with van der Waals surface area (Å²) in [6, 6.07) is 17.5. The zero-order valence-corrected chi connectivity index (χ0v) is 13.3. The maximum absolute atomic E-state index is 5.53. The molecule has 0 bridgehead atoms. The van der Waals surface area contributed by atoms with E-state index in [0.29, 0.717) is 5.11 Å². The summed E-state index contributed by atoms with van der Waals surface area (Å²) in [5, 5.41) is 7.61. The van der Waals surface area contributed by atoms with E-state index in [4.69, 9.17) is 17.0 Å². The fraction of sp³-hybridized carbons (Fsp3) is 0.176. The van der Waals surface area contributed by atoms with E-state index in [1.807, 2.05) is 54.6 Å². The zero-order chi connectivity index (χ0) is 15.6. The first kappa shape index (κ1) is 16.0. The van der Waals surface area contributed by atoms with Crippen LogP contribution in [0.15, 0.2) is 59.7 Å². The Morgan fingerprint density at radius 1 is 1.14 bits per heavy atom. The summed E-state index contributed by atoms with van der Waals surface area (Å²) in [5.74, 6) is 0.869. The van der Waals surface area contributed by atoms with Crippen molar-refractivity contribution in [1.29, 1.82) is 0 Å². The number of hydrogen-bond donors (Lipinski definition) is 2. The first-order valence-corrected chi connectivity index (χ1v) is 7.56. The lowest BCUT2D eigenvalue weighted by atomic mass is 10.2. The van der Waals surface area contributed by atoms with Crippen molar-refractivity contribution in [2.45, 2.75) is 13.3 Å². The first-order chi connectivity index (χ1) is 10.8. The van der Waals surface area contributed by atoms with Gasteiger partial charge in [-0.05, 0) is 60.6 Å². The first-order valence-electron chi connectivity index (χ1n) is 7.16. The molecule has 2 N–H and O–H groups in total. The fourth-order valence-electron chi connectivity index (χ4n) is 1.72. The van der Waals surface area contributed by atoms with Gasteiger partial charge in [-0.15, -0.1) is 0 Å². The van der Waals surface area contributed by atoms with Crippen LogP contribution in [0.1, 0.15) is 18.9 Å². The lowest BCUT2D eigenvalue weighted by Crippen LogP contribution is -2.23. The highest BCUT2D eigenvalue weighted by Crippen LogP contribution is 2.11. The van der Waals surface area contributed by atoms with Gasteiger partial charge in [0.15, 0.2) is 5.11 Å². The molecule has 0 saturated heterocycles. The van der Waals surface area contributed by atoms with Crippen molar-refractivity contribution in [2.75, 3.05) is 11.9 Å². The summed E-state index contributed by atoms with van der Waals surface area (Å²) in [6.45, 7) is 2.81. The average molecular weight is 313 g/mol. The quantitative estimate of drug-likeness (QED) is 0.484. The second kappa shape index (κ2) is 8.79. The van der Waals surface area contributed by atoms with Crippen molar-refractivity contribution in [3.63, 3.8) is 0 Å². The SMILES string of the molecule is CCCOc1ccc(/C=N/NC(=S)Nc2ccccc2)cc1. The van der Waals surface area contributed by atoms with Crippen LogP contribution in [0.25, 0.3) is 0 Å². The van der Waals surface area contributed by atoms with Crippen molar-refractivity contribution in [2.24, 2.45) is 5.10 Å². The van der Waals surface area contributed by atoms with E-state index in [9.17, 15) is 0 Å². The molecule has 0 spiro atoms. The third kappa shape index (κ3) is 5.54. The van der Waals surface area contributed by atoms with Gasteiger partial charge in [0.2, 0.25) is 0 Å². The van der Waals surface area contributed by atoms with E-state index >= 15 is 0 Å². The van der Waals surface area contributed by atoms with E-state index in [0.717, 1.165) is 30.0 Å². The van der Waals surface area contributed by atoms with Gasteiger partial charge < -0.3 is 10.1 Å². The van der Waals surface area contributed by atoms with E-state index < -0.39 is 0 Å². The Morgan fingerprint density at radius 2 is 1.86 bits per heavy atom. The Hall–Kier alpha value is -2.40. The third-order valence-electron chi connectivity index (χ3n) is 2.76. The van der Waals surface area contributed by atoms with Gasteiger partial charge in [0, 0.05) is 5.69 Å². The number of anilines is 1. The van der Waals surface area contributed by atoms with E-state index in [1.165, 1.54) is 0 Å². The predicted octanol–water partition coefficient (Wildman–Crippen LogP) is 3.80. The van der Waals surface area contributed by atoms with Crippen molar-refractivity contribution in [1.82, 2.24) is 5.43 Å². The Labute approximate surface area is 136 Å². The second-order valence-electron chi connectivity index (χ2n) is 4.61. The van der Waals surface area contributed by atoms with Gasteiger partial charge in [0.1, 0.15) is 5.75 Å². The molecule has 0 atom stereocenters. The van der Waals surface area contributed by atoms with Crippen molar-refractivity contribution in [3.8, 4) is 5.75 Å². The largest absolute Gasteiger partial charge is 0.494 e. The van der Waals surface area contributed by atoms with Crippen LogP contribution in [-0.2, 0) is 0 Å². The summed E-state index contributed by atoms with van der Waals surface area (Å²) in [4.78, 5) is 0. The number of rotatable bonds is 6. The van der Waals surface area contributed by atoms with Crippen molar-refractivity contribution >= 4 is 29.2 Å². The molecule has 0 radical (unpaired) electrons. The Balaban J connectivity index is 1.80. The highest BCUT2D eigenvalue weighted by Gasteiger charge is 1.95. The van der Waals surface area contributed by atoms with Gasteiger partial charge in [-0.2, -0.15) is 5.10 Å². The number of benzene rings is 2. The van der Waals surface area contributed by atoms with Gasteiger partial charge in [0.25, 0.3) is 0 Å². The van der Waals surface area contributed by atoms with Crippen LogP contribution in [0.4, 0.5) is 5.69 Å². The highest BCUT2D eigenvalue weighted by atomic mass is 32.1. The molecular formula is C17H19N3OS. The van der Waals surface area contributed by atoms with Crippen LogP contribution in [0.5, 0.6) is 5.75 Å². The Bertz CT molecular complexity index is 612. The minimum Gasteiger partial charge on any atom is -0.494 e. The Kier molecular flexibility index (Phi) is 6.39. The molecule has 114 valence electrons. The molecule has 0 heterocycles. The number of hydrogen-bond acceptors (Lipinski definition) is 3. The molecule has 0 aromatic heterocycles. The molecule has 0 amide bonds. The molecule has 0 saturated carbocycles. The Morgan fingerprint density at radius 3 is 2.55 bits per heavy atom. The van der Waals surface area contributed by atoms with Crippen LogP contribution in [0.2, 0.25) is 0 Å². The predicted molar refractivity (Wildman–Crippen MR) is 95.6 cm³/mol.